The minimum absolute atomic E-state index is 0.0161. The summed E-state index contributed by atoms with van der Waals surface area (Å²) in [5, 5.41) is 2.99. The van der Waals surface area contributed by atoms with Crippen molar-refractivity contribution < 1.29 is 9.53 Å². The number of carbonyl (C=O) groups is 1. The lowest BCUT2D eigenvalue weighted by Gasteiger charge is -2.08. The highest BCUT2D eigenvalue weighted by atomic mass is 16.5. The quantitative estimate of drug-likeness (QED) is 0.603. The van der Waals surface area contributed by atoms with Gasteiger partial charge >= 0.3 is 5.97 Å². The van der Waals surface area contributed by atoms with Gasteiger partial charge < -0.3 is 10.1 Å². The SMILES string of the molecule is CCOC(=O)C(C)CCNC. The third kappa shape index (κ3) is 4.79. The molecule has 0 aromatic heterocycles. The van der Waals surface area contributed by atoms with Crippen LogP contribution in [0.1, 0.15) is 20.3 Å². The largest absolute Gasteiger partial charge is 0.466 e. The molecule has 11 heavy (non-hydrogen) atoms. The van der Waals surface area contributed by atoms with E-state index >= 15 is 0 Å². The van der Waals surface area contributed by atoms with Crippen LogP contribution in [-0.2, 0) is 9.53 Å². The van der Waals surface area contributed by atoms with Gasteiger partial charge in [-0.25, -0.2) is 0 Å². The molecule has 0 aromatic rings. The van der Waals surface area contributed by atoms with Gasteiger partial charge in [0.05, 0.1) is 12.5 Å². The highest BCUT2D eigenvalue weighted by Crippen LogP contribution is 2.02. The average molecular weight is 159 g/mol. The van der Waals surface area contributed by atoms with Crippen molar-refractivity contribution in [3.63, 3.8) is 0 Å². The predicted molar refractivity (Wildman–Crippen MR) is 44.3 cm³/mol. The van der Waals surface area contributed by atoms with Crippen molar-refractivity contribution in [2.24, 2.45) is 5.92 Å². The van der Waals surface area contributed by atoms with Crippen LogP contribution in [-0.4, -0.2) is 26.2 Å². The van der Waals surface area contributed by atoms with Crippen molar-refractivity contribution in [2.75, 3.05) is 20.2 Å². The Morgan fingerprint density at radius 2 is 2.27 bits per heavy atom. The molecule has 0 aliphatic carbocycles. The predicted octanol–water partition coefficient (Wildman–Crippen LogP) is 0.795. The summed E-state index contributed by atoms with van der Waals surface area (Å²) in [4.78, 5) is 11.0. The Morgan fingerprint density at radius 1 is 1.64 bits per heavy atom. The maximum Gasteiger partial charge on any atom is 0.308 e. The Balaban J connectivity index is 3.46. The van der Waals surface area contributed by atoms with E-state index in [1.165, 1.54) is 0 Å². The summed E-state index contributed by atoms with van der Waals surface area (Å²) in [6.07, 6.45) is 0.843. The molecule has 0 radical (unpaired) electrons. The number of esters is 1. The molecule has 1 unspecified atom stereocenters. The Hall–Kier alpha value is -0.570. The van der Waals surface area contributed by atoms with Crippen molar-refractivity contribution in [3.05, 3.63) is 0 Å². The van der Waals surface area contributed by atoms with E-state index in [1.807, 2.05) is 20.9 Å². The van der Waals surface area contributed by atoms with Crippen LogP contribution in [0.25, 0.3) is 0 Å². The summed E-state index contributed by atoms with van der Waals surface area (Å²) in [5.74, 6) is -0.0786. The number of rotatable bonds is 5. The van der Waals surface area contributed by atoms with Crippen LogP contribution < -0.4 is 5.32 Å². The van der Waals surface area contributed by atoms with Gasteiger partial charge in [-0.2, -0.15) is 0 Å². The third-order valence-corrected chi connectivity index (χ3v) is 1.52. The molecule has 66 valence electrons. The fourth-order valence-corrected chi connectivity index (χ4v) is 0.763. The summed E-state index contributed by atoms with van der Waals surface area (Å²) in [7, 11) is 1.87. The van der Waals surface area contributed by atoms with Crippen molar-refractivity contribution in [1.29, 1.82) is 0 Å². The van der Waals surface area contributed by atoms with E-state index in [9.17, 15) is 4.79 Å². The first-order chi connectivity index (χ1) is 5.22. The van der Waals surface area contributed by atoms with Crippen LogP contribution in [0, 0.1) is 5.92 Å². The molecule has 0 amide bonds. The lowest BCUT2D eigenvalue weighted by atomic mass is 10.1. The molecule has 0 aromatic carbocycles. The summed E-state index contributed by atoms with van der Waals surface area (Å²) in [5.41, 5.74) is 0. The number of hydrogen-bond acceptors (Lipinski definition) is 3. The van der Waals surface area contributed by atoms with Gasteiger partial charge in [0.25, 0.3) is 0 Å². The van der Waals surface area contributed by atoms with Crippen molar-refractivity contribution in [2.45, 2.75) is 20.3 Å². The first-order valence-electron chi connectivity index (χ1n) is 4.03. The van der Waals surface area contributed by atoms with E-state index in [1.54, 1.807) is 0 Å². The minimum Gasteiger partial charge on any atom is -0.466 e. The Bertz CT molecular complexity index is 115. The zero-order valence-electron chi connectivity index (χ0n) is 7.52. The average Bonchev–Trinajstić information content (AvgIpc) is 2.00. The molecule has 0 bridgehead atoms. The highest BCUT2D eigenvalue weighted by molar-refractivity contribution is 5.71. The molecule has 0 rings (SSSR count). The topological polar surface area (TPSA) is 38.3 Å². The number of hydrogen-bond donors (Lipinski definition) is 1. The van der Waals surface area contributed by atoms with E-state index in [2.05, 4.69) is 5.32 Å². The molecule has 0 saturated heterocycles. The van der Waals surface area contributed by atoms with Crippen molar-refractivity contribution in [3.8, 4) is 0 Å². The van der Waals surface area contributed by atoms with E-state index in [0.29, 0.717) is 6.61 Å². The van der Waals surface area contributed by atoms with Crippen LogP contribution in [0.4, 0.5) is 0 Å². The summed E-state index contributed by atoms with van der Waals surface area (Å²) >= 11 is 0. The number of carbonyl (C=O) groups excluding carboxylic acids is 1. The van der Waals surface area contributed by atoms with Crippen LogP contribution in [0.5, 0.6) is 0 Å². The molecule has 3 heteroatoms. The van der Waals surface area contributed by atoms with Gasteiger partial charge in [-0.05, 0) is 26.9 Å². The molecule has 0 heterocycles. The van der Waals surface area contributed by atoms with Gasteiger partial charge in [0.1, 0.15) is 0 Å². The van der Waals surface area contributed by atoms with Gasteiger partial charge in [0.2, 0.25) is 0 Å². The normalized spacial score (nSPS) is 12.6. The monoisotopic (exact) mass is 159 g/mol. The molecule has 0 spiro atoms. The van der Waals surface area contributed by atoms with Crippen LogP contribution in [0.15, 0.2) is 0 Å². The van der Waals surface area contributed by atoms with Gasteiger partial charge in [-0.1, -0.05) is 6.92 Å². The maximum absolute atomic E-state index is 11.0. The second-order valence-electron chi connectivity index (χ2n) is 2.55. The Labute approximate surface area is 68.1 Å². The molecule has 0 fully saturated rings. The second kappa shape index (κ2) is 6.16. The van der Waals surface area contributed by atoms with E-state index < -0.39 is 0 Å². The first kappa shape index (κ1) is 10.4. The molecule has 0 aliphatic rings. The molecule has 0 aliphatic heterocycles. The van der Waals surface area contributed by atoms with Gasteiger partial charge in [-0.3, -0.25) is 4.79 Å². The molecule has 1 atom stereocenters. The van der Waals surface area contributed by atoms with E-state index in [-0.39, 0.29) is 11.9 Å². The van der Waals surface area contributed by atoms with Crippen LogP contribution in [0.2, 0.25) is 0 Å². The molecule has 3 nitrogen and oxygen atoms in total. The smallest absolute Gasteiger partial charge is 0.308 e. The van der Waals surface area contributed by atoms with Crippen LogP contribution >= 0.6 is 0 Å². The summed E-state index contributed by atoms with van der Waals surface area (Å²) in [6.45, 7) is 5.04. The molecular formula is C8H17NO2. The lowest BCUT2D eigenvalue weighted by molar-refractivity contribution is -0.147. The summed E-state index contributed by atoms with van der Waals surface area (Å²) < 4.78 is 4.83. The summed E-state index contributed by atoms with van der Waals surface area (Å²) in [6, 6.07) is 0. The Morgan fingerprint density at radius 3 is 2.73 bits per heavy atom. The fraction of sp³-hybridized carbons (Fsp3) is 0.875. The van der Waals surface area contributed by atoms with Gasteiger partial charge in [0, 0.05) is 0 Å². The van der Waals surface area contributed by atoms with Crippen molar-refractivity contribution >= 4 is 5.97 Å². The zero-order chi connectivity index (χ0) is 8.69. The molecule has 0 saturated carbocycles. The second-order valence-corrected chi connectivity index (χ2v) is 2.55. The molecular weight excluding hydrogens is 142 g/mol. The number of nitrogens with one attached hydrogen (secondary N) is 1. The third-order valence-electron chi connectivity index (χ3n) is 1.52. The number of ether oxygens (including phenoxy) is 1. The fourth-order valence-electron chi connectivity index (χ4n) is 0.763. The van der Waals surface area contributed by atoms with Gasteiger partial charge in [-0.15, -0.1) is 0 Å². The maximum atomic E-state index is 11.0. The van der Waals surface area contributed by atoms with E-state index in [4.69, 9.17) is 4.74 Å². The minimum atomic E-state index is -0.0947. The highest BCUT2D eigenvalue weighted by Gasteiger charge is 2.11. The van der Waals surface area contributed by atoms with Gasteiger partial charge in [0.15, 0.2) is 0 Å². The van der Waals surface area contributed by atoms with E-state index in [0.717, 1.165) is 13.0 Å². The first-order valence-corrected chi connectivity index (χ1v) is 4.03. The van der Waals surface area contributed by atoms with Crippen molar-refractivity contribution in [1.82, 2.24) is 5.32 Å². The molecule has 1 N–H and O–H groups in total. The lowest BCUT2D eigenvalue weighted by Crippen LogP contribution is -2.19. The van der Waals surface area contributed by atoms with Crippen LogP contribution in [0.3, 0.4) is 0 Å². The standard InChI is InChI=1S/C8H17NO2/c1-4-11-8(10)7(2)5-6-9-3/h7,9H,4-6H2,1-3H3. The zero-order valence-corrected chi connectivity index (χ0v) is 7.52. The Kier molecular flexibility index (Phi) is 5.84.